The average Bonchev–Trinajstić information content (AvgIpc) is 3.68. The minimum Gasteiger partial charge on any atom is -0.346 e. The fourth-order valence-electron chi connectivity index (χ4n) is 6.06. The average molecular weight is 541 g/mol. The number of H-pyrrole nitrogens is 1. The molecule has 2 fully saturated rings. The molecule has 0 aliphatic carbocycles. The van der Waals surface area contributed by atoms with Gasteiger partial charge >= 0.3 is 0 Å². The maximum atomic E-state index is 13.2. The van der Waals surface area contributed by atoms with Crippen LogP contribution in [0.3, 0.4) is 0 Å². The minimum absolute atomic E-state index is 0.229. The molecule has 11 heteroatoms. The Labute approximate surface area is 236 Å². The highest BCUT2D eigenvalue weighted by Crippen LogP contribution is 2.38. The van der Waals surface area contributed by atoms with Crippen molar-refractivity contribution in [2.75, 3.05) is 26.2 Å². The molecule has 2 aliphatic heterocycles. The third-order valence-electron chi connectivity index (χ3n) is 8.23. The lowest BCUT2D eigenvalue weighted by molar-refractivity contribution is -0.0412. The van der Waals surface area contributed by atoms with E-state index in [2.05, 4.69) is 38.2 Å². The number of nitrogens with zero attached hydrogens (tertiary/aromatic N) is 9. The molecule has 11 nitrogen and oxygen atoms in total. The number of aromatic nitrogens is 4. The molecular formula is C30H24N10O. The van der Waals surface area contributed by atoms with E-state index >= 15 is 0 Å². The quantitative estimate of drug-likeness (QED) is 0.403. The molecular weight excluding hydrogens is 516 g/mol. The molecule has 2 saturated heterocycles. The molecule has 1 aromatic carbocycles. The van der Waals surface area contributed by atoms with Gasteiger partial charge in [-0.25, -0.2) is 4.98 Å². The van der Waals surface area contributed by atoms with Gasteiger partial charge in [-0.1, -0.05) is 0 Å². The Morgan fingerprint density at radius 1 is 1.02 bits per heavy atom. The number of hydrogen-bond donors (Lipinski definition) is 1. The van der Waals surface area contributed by atoms with Gasteiger partial charge in [0, 0.05) is 67.3 Å². The fraction of sp³-hybridized carbons (Fsp3) is 0.300. The first-order valence-corrected chi connectivity index (χ1v) is 13.3. The summed E-state index contributed by atoms with van der Waals surface area (Å²) in [5.41, 5.74) is 3.13. The zero-order valence-corrected chi connectivity index (χ0v) is 22.1. The zero-order valence-electron chi connectivity index (χ0n) is 22.1. The van der Waals surface area contributed by atoms with Crippen molar-refractivity contribution in [3.8, 4) is 35.4 Å². The largest absolute Gasteiger partial charge is 0.346 e. The smallest absolute Gasteiger partial charge is 0.255 e. The number of carbonyl (C=O) groups excluding carboxylic acids is 1. The molecule has 0 radical (unpaired) electrons. The molecule has 4 aromatic rings. The van der Waals surface area contributed by atoms with Crippen LogP contribution in [0.15, 0.2) is 49.1 Å². The second kappa shape index (κ2) is 10.2. The van der Waals surface area contributed by atoms with Crippen LogP contribution in [-0.4, -0.2) is 67.7 Å². The third-order valence-corrected chi connectivity index (χ3v) is 8.23. The van der Waals surface area contributed by atoms with Crippen molar-refractivity contribution in [2.24, 2.45) is 0 Å². The molecule has 0 spiro atoms. The number of nitrogens with one attached hydrogen (secondary N) is 1. The van der Waals surface area contributed by atoms with Gasteiger partial charge in [0.15, 0.2) is 0 Å². The van der Waals surface area contributed by atoms with Crippen molar-refractivity contribution < 1.29 is 4.79 Å². The van der Waals surface area contributed by atoms with Gasteiger partial charge in [-0.3, -0.25) is 14.4 Å². The number of hydrogen-bond acceptors (Lipinski definition) is 8. The molecule has 0 saturated carbocycles. The van der Waals surface area contributed by atoms with Gasteiger partial charge in [0.1, 0.15) is 17.3 Å². The van der Waals surface area contributed by atoms with Gasteiger partial charge in [-0.15, -0.1) is 0 Å². The van der Waals surface area contributed by atoms with Crippen molar-refractivity contribution in [1.82, 2.24) is 29.5 Å². The number of piperidine rings is 1. The maximum Gasteiger partial charge on any atom is 0.255 e. The number of carbonyl (C=O) groups is 1. The van der Waals surface area contributed by atoms with E-state index in [0.717, 1.165) is 29.4 Å². The van der Waals surface area contributed by atoms with E-state index < -0.39 is 5.54 Å². The van der Waals surface area contributed by atoms with Crippen molar-refractivity contribution in [1.29, 1.82) is 21.0 Å². The van der Waals surface area contributed by atoms with Crippen LogP contribution in [0.2, 0.25) is 0 Å². The lowest BCUT2D eigenvalue weighted by Gasteiger charge is -2.53. The van der Waals surface area contributed by atoms with Gasteiger partial charge in [0.05, 0.1) is 53.1 Å². The second-order valence-electron chi connectivity index (χ2n) is 10.5. The first-order valence-electron chi connectivity index (χ1n) is 13.3. The summed E-state index contributed by atoms with van der Waals surface area (Å²) in [5, 5.41) is 43.5. The van der Waals surface area contributed by atoms with Crippen LogP contribution in [0.4, 0.5) is 0 Å². The van der Waals surface area contributed by atoms with Crippen molar-refractivity contribution >= 4 is 16.9 Å². The SMILES string of the molecule is N#CCC1(n2cc(-c3c(C#N)cnc4[nH]ccc34)cn2)CN(C2CCN(C(=O)c3cc(C#N)ccc3C#N)CC2)C1. The van der Waals surface area contributed by atoms with Crippen LogP contribution in [0.25, 0.3) is 22.2 Å². The molecule has 0 atom stereocenters. The Hall–Kier alpha value is -5.49. The number of benzene rings is 1. The predicted molar refractivity (Wildman–Crippen MR) is 147 cm³/mol. The highest BCUT2D eigenvalue weighted by molar-refractivity contribution is 5.97. The number of fused-ring (bicyclic) bond motifs is 1. The summed E-state index contributed by atoms with van der Waals surface area (Å²) in [5.74, 6) is -0.229. The Kier molecular flexibility index (Phi) is 6.44. The minimum atomic E-state index is -0.476. The number of nitriles is 4. The van der Waals surface area contributed by atoms with E-state index in [1.807, 2.05) is 23.0 Å². The third kappa shape index (κ3) is 4.36. The standard InChI is InChI=1S/C30H24N10O/c31-7-6-30(40-17-23(16-37-40)27-22(14-34)15-36-28-25(27)3-8-35-28)18-39(19-30)24-4-9-38(10-5-24)29(41)26-11-20(12-32)1-2-21(26)13-33/h1-3,8,11,15-17,24H,4-6,9-10,18-19H2,(H,35,36). The Balaban J connectivity index is 1.16. The van der Waals surface area contributed by atoms with Gasteiger partial charge in [0.2, 0.25) is 0 Å². The van der Waals surface area contributed by atoms with Gasteiger partial charge < -0.3 is 9.88 Å². The van der Waals surface area contributed by atoms with E-state index in [1.165, 1.54) is 12.1 Å². The maximum absolute atomic E-state index is 13.2. The highest BCUT2D eigenvalue weighted by Gasteiger charge is 2.48. The summed E-state index contributed by atoms with van der Waals surface area (Å²) < 4.78 is 1.87. The van der Waals surface area contributed by atoms with Crippen molar-refractivity contribution in [3.63, 3.8) is 0 Å². The van der Waals surface area contributed by atoms with E-state index in [4.69, 9.17) is 0 Å². The lowest BCUT2D eigenvalue weighted by atomic mass is 9.83. The van der Waals surface area contributed by atoms with E-state index in [1.54, 1.807) is 29.6 Å². The summed E-state index contributed by atoms with van der Waals surface area (Å²) >= 11 is 0. The normalized spacial score (nSPS) is 16.7. The van der Waals surface area contributed by atoms with E-state index in [0.29, 0.717) is 49.4 Å². The van der Waals surface area contributed by atoms with Crippen LogP contribution in [0, 0.1) is 45.3 Å². The lowest BCUT2D eigenvalue weighted by Crippen LogP contribution is -2.66. The summed E-state index contributed by atoms with van der Waals surface area (Å²) in [7, 11) is 0. The molecule has 0 unspecified atom stereocenters. The first kappa shape index (κ1) is 25.8. The molecule has 0 bridgehead atoms. The molecule has 200 valence electrons. The number of likely N-dealkylation sites (tertiary alicyclic amines) is 2. The number of rotatable bonds is 5. The van der Waals surface area contributed by atoms with Gasteiger partial charge in [-0.2, -0.15) is 26.1 Å². The monoisotopic (exact) mass is 540 g/mol. The molecule has 3 aromatic heterocycles. The van der Waals surface area contributed by atoms with E-state index in [9.17, 15) is 25.8 Å². The fourth-order valence-corrected chi connectivity index (χ4v) is 6.06. The highest BCUT2D eigenvalue weighted by atomic mass is 16.2. The van der Waals surface area contributed by atoms with Gasteiger partial charge in [0.25, 0.3) is 5.91 Å². The van der Waals surface area contributed by atoms with Crippen LogP contribution in [-0.2, 0) is 5.54 Å². The number of pyridine rings is 1. The van der Waals surface area contributed by atoms with Crippen LogP contribution >= 0.6 is 0 Å². The summed E-state index contributed by atoms with van der Waals surface area (Å²) in [6, 6.07) is 15.4. The molecule has 1 amide bonds. The predicted octanol–water partition coefficient (Wildman–Crippen LogP) is 3.27. The topological polar surface area (TPSA) is 165 Å². The second-order valence-corrected chi connectivity index (χ2v) is 10.5. The van der Waals surface area contributed by atoms with Crippen LogP contribution in [0.1, 0.15) is 46.3 Å². The van der Waals surface area contributed by atoms with Crippen molar-refractivity contribution in [2.45, 2.75) is 30.8 Å². The molecule has 5 heterocycles. The van der Waals surface area contributed by atoms with Gasteiger partial charge in [-0.05, 0) is 37.1 Å². The number of aromatic amines is 1. The molecule has 1 N–H and O–H groups in total. The number of amides is 1. The molecule has 2 aliphatic rings. The zero-order chi connectivity index (χ0) is 28.6. The summed E-state index contributed by atoms with van der Waals surface area (Å²) in [6.45, 7) is 2.41. The molecule has 41 heavy (non-hydrogen) atoms. The molecule has 6 rings (SSSR count). The van der Waals surface area contributed by atoms with Crippen molar-refractivity contribution in [3.05, 3.63) is 71.3 Å². The Morgan fingerprint density at radius 2 is 1.80 bits per heavy atom. The summed E-state index contributed by atoms with van der Waals surface area (Å²) in [4.78, 5) is 24.7. The first-order chi connectivity index (χ1) is 20.0. The Bertz CT molecular complexity index is 1830. The Morgan fingerprint density at radius 3 is 2.51 bits per heavy atom. The van der Waals surface area contributed by atoms with E-state index in [-0.39, 0.29) is 23.1 Å². The summed E-state index contributed by atoms with van der Waals surface area (Å²) in [6.07, 6.45) is 8.85. The van der Waals surface area contributed by atoms with Crippen LogP contribution in [0.5, 0.6) is 0 Å². The van der Waals surface area contributed by atoms with Crippen LogP contribution < -0.4 is 0 Å².